The molecule has 0 aliphatic rings. The van der Waals surface area contributed by atoms with Gasteiger partial charge < -0.3 is 23.9 Å². The molecule has 0 spiro atoms. The van der Waals surface area contributed by atoms with Crippen LogP contribution in [0.3, 0.4) is 0 Å². The maximum atomic E-state index is 11.8. The van der Waals surface area contributed by atoms with Crippen LogP contribution in [0.25, 0.3) is 0 Å². The molecule has 2 aromatic carbocycles. The highest BCUT2D eigenvalue weighted by Crippen LogP contribution is 2.19. The second-order valence-electron chi connectivity index (χ2n) is 6.45. The smallest absolute Gasteiger partial charge is 0.311 e. The number of esters is 1. The lowest BCUT2D eigenvalue weighted by molar-refractivity contribution is -0.141. The highest BCUT2D eigenvalue weighted by molar-refractivity contribution is 6.12. The second kappa shape index (κ2) is 13.7. The lowest BCUT2D eigenvalue weighted by Crippen LogP contribution is -2.16. The Morgan fingerprint density at radius 1 is 0.781 bits per heavy atom. The molecule has 0 unspecified atom stereocenters. The molecule has 0 fully saturated rings. The lowest BCUT2D eigenvalue weighted by Gasteiger charge is -2.11. The van der Waals surface area contributed by atoms with Crippen molar-refractivity contribution in [1.82, 2.24) is 0 Å². The Kier molecular flexibility index (Phi) is 10.6. The van der Waals surface area contributed by atoms with Crippen LogP contribution in [0.2, 0.25) is 0 Å². The van der Waals surface area contributed by atoms with Gasteiger partial charge in [0.15, 0.2) is 6.61 Å². The van der Waals surface area contributed by atoms with E-state index in [-0.39, 0.29) is 19.6 Å². The Balaban J connectivity index is 2.25. The number of nitrogens with zero attached hydrogens (tertiary/aromatic N) is 2. The zero-order chi connectivity index (χ0) is 23.2. The van der Waals surface area contributed by atoms with Gasteiger partial charge in [-0.3, -0.25) is 4.79 Å². The van der Waals surface area contributed by atoms with Gasteiger partial charge in [0, 0.05) is 11.1 Å². The van der Waals surface area contributed by atoms with Crippen molar-refractivity contribution in [3.63, 3.8) is 0 Å². The van der Waals surface area contributed by atoms with Crippen LogP contribution in [0.15, 0.2) is 58.8 Å². The van der Waals surface area contributed by atoms with E-state index in [9.17, 15) is 4.79 Å². The number of hydrogen-bond donors (Lipinski definition) is 0. The molecule has 32 heavy (non-hydrogen) atoms. The van der Waals surface area contributed by atoms with E-state index in [0.29, 0.717) is 24.6 Å². The molecule has 2 aromatic rings. The molecule has 172 valence electrons. The third-order valence-corrected chi connectivity index (χ3v) is 4.14. The van der Waals surface area contributed by atoms with Crippen LogP contribution < -0.4 is 9.47 Å². The maximum Gasteiger partial charge on any atom is 0.311 e. The number of rotatable bonds is 13. The Morgan fingerprint density at radius 3 is 1.75 bits per heavy atom. The molecule has 0 N–H and O–H groups in total. The molecule has 8 heteroatoms. The summed E-state index contributed by atoms with van der Waals surface area (Å²) in [5.74, 6) is 1.13. The van der Waals surface area contributed by atoms with E-state index in [4.69, 9.17) is 23.9 Å². The Hall–Kier alpha value is -3.55. The van der Waals surface area contributed by atoms with Crippen LogP contribution >= 0.6 is 0 Å². The number of carbonyl (C=O) groups is 1. The average molecular weight is 443 g/mol. The Bertz CT molecular complexity index is 840. The van der Waals surface area contributed by atoms with Gasteiger partial charge in [-0.05, 0) is 69.3 Å². The SMILES string of the molecule is CCOC(=O)CC(CON=C(c1ccc(OCC)cc1)c1ccc(OCC)cc1)=NOC. The van der Waals surface area contributed by atoms with Crippen LogP contribution in [-0.2, 0) is 19.2 Å². The van der Waals surface area contributed by atoms with Gasteiger partial charge in [0.1, 0.15) is 30.0 Å². The third kappa shape index (κ3) is 7.94. The van der Waals surface area contributed by atoms with Gasteiger partial charge in [-0.1, -0.05) is 10.3 Å². The minimum atomic E-state index is -0.408. The zero-order valence-corrected chi connectivity index (χ0v) is 19.0. The lowest BCUT2D eigenvalue weighted by atomic mass is 10.0. The van der Waals surface area contributed by atoms with E-state index >= 15 is 0 Å². The van der Waals surface area contributed by atoms with Gasteiger partial charge >= 0.3 is 5.97 Å². The van der Waals surface area contributed by atoms with Gasteiger partial charge in [0.25, 0.3) is 0 Å². The van der Waals surface area contributed by atoms with Crippen molar-refractivity contribution in [3.8, 4) is 11.5 Å². The largest absolute Gasteiger partial charge is 0.494 e. The molecule has 8 nitrogen and oxygen atoms in total. The van der Waals surface area contributed by atoms with Crippen molar-refractivity contribution < 1.29 is 28.7 Å². The normalized spacial score (nSPS) is 10.8. The van der Waals surface area contributed by atoms with E-state index in [0.717, 1.165) is 22.6 Å². The van der Waals surface area contributed by atoms with Crippen LogP contribution in [-0.4, -0.2) is 50.9 Å². The summed E-state index contributed by atoms with van der Waals surface area (Å²) in [4.78, 5) is 22.1. The van der Waals surface area contributed by atoms with Crippen LogP contribution in [0.5, 0.6) is 11.5 Å². The number of oxime groups is 2. The fourth-order valence-electron chi connectivity index (χ4n) is 2.81. The molecule has 0 aliphatic carbocycles. The minimum Gasteiger partial charge on any atom is -0.494 e. The molecule has 0 saturated heterocycles. The predicted octanol–water partition coefficient (Wildman–Crippen LogP) is 4.21. The summed E-state index contributed by atoms with van der Waals surface area (Å²) >= 11 is 0. The van der Waals surface area contributed by atoms with Crippen molar-refractivity contribution in [2.45, 2.75) is 27.2 Å². The zero-order valence-electron chi connectivity index (χ0n) is 19.0. The van der Waals surface area contributed by atoms with E-state index in [1.54, 1.807) is 6.92 Å². The van der Waals surface area contributed by atoms with Gasteiger partial charge in [0.2, 0.25) is 0 Å². The molecule has 2 rings (SSSR count). The molecular formula is C24H30N2O6. The predicted molar refractivity (Wildman–Crippen MR) is 123 cm³/mol. The monoisotopic (exact) mass is 442 g/mol. The van der Waals surface area contributed by atoms with Crippen molar-refractivity contribution in [2.75, 3.05) is 33.5 Å². The van der Waals surface area contributed by atoms with Crippen molar-refractivity contribution >= 4 is 17.4 Å². The first kappa shape index (κ1) is 24.7. The average Bonchev–Trinajstić information content (AvgIpc) is 2.79. The van der Waals surface area contributed by atoms with Gasteiger partial charge in [-0.25, -0.2) is 0 Å². The molecule has 0 radical (unpaired) electrons. The molecule has 0 atom stereocenters. The topological polar surface area (TPSA) is 87.9 Å². The summed E-state index contributed by atoms with van der Waals surface area (Å²) in [5.41, 5.74) is 2.66. The molecular weight excluding hydrogens is 412 g/mol. The van der Waals surface area contributed by atoms with E-state index in [2.05, 4.69) is 10.3 Å². The highest BCUT2D eigenvalue weighted by atomic mass is 16.6. The summed E-state index contributed by atoms with van der Waals surface area (Å²) in [6.07, 6.45) is -0.0430. The third-order valence-electron chi connectivity index (χ3n) is 4.14. The quantitative estimate of drug-likeness (QED) is 0.262. The van der Waals surface area contributed by atoms with E-state index < -0.39 is 5.97 Å². The standard InChI is InChI=1S/C24H30N2O6/c1-5-29-21-12-8-18(9-13-21)24(19-10-14-22(15-11-19)30-6-2)26-32-17-20(25-28-4)16-23(27)31-7-3/h8-15H,5-7,16-17H2,1-4H3. The van der Waals surface area contributed by atoms with E-state index in [1.165, 1.54) is 7.11 Å². The van der Waals surface area contributed by atoms with Crippen LogP contribution in [0, 0.1) is 0 Å². The molecule has 0 aliphatic heterocycles. The van der Waals surface area contributed by atoms with Crippen molar-refractivity contribution in [3.05, 3.63) is 59.7 Å². The van der Waals surface area contributed by atoms with Gasteiger partial charge in [0.05, 0.1) is 26.2 Å². The van der Waals surface area contributed by atoms with Crippen molar-refractivity contribution in [2.24, 2.45) is 10.3 Å². The van der Waals surface area contributed by atoms with Gasteiger partial charge in [-0.15, -0.1) is 0 Å². The first-order valence-electron chi connectivity index (χ1n) is 10.5. The maximum absolute atomic E-state index is 11.8. The molecule has 0 heterocycles. The van der Waals surface area contributed by atoms with Crippen molar-refractivity contribution in [1.29, 1.82) is 0 Å². The fraction of sp³-hybridized carbons (Fsp3) is 0.375. The number of ether oxygens (including phenoxy) is 3. The van der Waals surface area contributed by atoms with E-state index in [1.807, 2.05) is 62.4 Å². The number of hydrogen-bond acceptors (Lipinski definition) is 8. The summed E-state index contributed by atoms with van der Waals surface area (Å²) < 4.78 is 16.0. The number of benzene rings is 2. The summed E-state index contributed by atoms with van der Waals surface area (Å²) in [6.45, 7) is 7.05. The Labute approximate surface area is 188 Å². The second-order valence-corrected chi connectivity index (χ2v) is 6.45. The first-order chi connectivity index (χ1) is 15.6. The number of carbonyl (C=O) groups excluding carboxylic acids is 1. The molecule has 0 aromatic heterocycles. The Morgan fingerprint density at radius 2 is 1.31 bits per heavy atom. The molecule has 0 bridgehead atoms. The highest BCUT2D eigenvalue weighted by Gasteiger charge is 2.13. The minimum absolute atomic E-state index is 0.0236. The fourth-order valence-corrected chi connectivity index (χ4v) is 2.81. The van der Waals surface area contributed by atoms with Crippen LogP contribution in [0.4, 0.5) is 0 Å². The van der Waals surface area contributed by atoms with Gasteiger partial charge in [-0.2, -0.15) is 0 Å². The first-order valence-corrected chi connectivity index (χ1v) is 10.5. The molecule has 0 amide bonds. The summed E-state index contributed by atoms with van der Waals surface area (Å²) in [6, 6.07) is 15.1. The summed E-state index contributed by atoms with van der Waals surface area (Å²) in [7, 11) is 1.40. The molecule has 0 saturated carbocycles. The summed E-state index contributed by atoms with van der Waals surface area (Å²) in [5, 5.41) is 8.18. The van der Waals surface area contributed by atoms with Crippen LogP contribution in [0.1, 0.15) is 38.3 Å².